The molecule has 3 nitrogen and oxygen atoms in total. The van der Waals surface area contributed by atoms with Crippen molar-refractivity contribution in [3.63, 3.8) is 0 Å². The van der Waals surface area contributed by atoms with Crippen LogP contribution in [0.4, 0.5) is 4.39 Å². The highest BCUT2D eigenvalue weighted by Gasteiger charge is 2.18. The maximum Gasteiger partial charge on any atom is 0.233 e. The molecule has 1 aromatic carbocycles. The van der Waals surface area contributed by atoms with Crippen LogP contribution in [0.15, 0.2) is 48.8 Å². The highest BCUT2D eigenvalue weighted by molar-refractivity contribution is 8.93. The topological polar surface area (TPSA) is 47.0 Å². The second kappa shape index (κ2) is 6.16. The molecule has 0 saturated heterocycles. The molecule has 0 N–H and O–H groups in total. The molecule has 0 spiro atoms. The van der Waals surface area contributed by atoms with Crippen molar-refractivity contribution in [3.8, 4) is 0 Å². The first kappa shape index (κ1) is 14.2. The average molecular weight is 310 g/mol. The lowest BCUT2D eigenvalue weighted by molar-refractivity contribution is 0.0816. The zero-order chi connectivity index (χ0) is 12.3. The average Bonchev–Trinajstić information content (AvgIpc) is 2.38. The van der Waals surface area contributed by atoms with Crippen LogP contribution in [0.25, 0.3) is 0 Å². The minimum atomic E-state index is -0.726. The second-order valence-electron chi connectivity index (χ2n) is 3.40. The molecule has 0 unspecified atom stereocenters. The van der Waals surface area contributed by atoms with Crippen molar-refractivity contribution in [2.24, 2.45) is 0 Å². The van der Waals surface area contributed by atoms with Gasteiger partial charge < -0.3 is 0 Å². The molecule has 0 aliphatic heterocycles. The van der Waals surface area contributed by atoms with Crippen LogP contribution in [0.1, 0.15) is 20.7 Å². The number of nitrogens with zero attached hydrogens (tertiary/aromatic N) is 1. The van der Waals surface area contributed by atoms with Gasteiger partial charge in [0.1, 0.15) is 5.82 Å². The van der Waals surface area contributed by atoms with Crippen molar-refractivity contribution in [2.75, 3.05) is 0 Å². The van der Waals surface area contributed by atoms with Gasteiger partial charge in [0.25, 0.3) is 0 Å². The van der Waals surface area contributed by atoms with Crippen LogP contribution in [0.5, 0.6) is 0 Å². The van der Waals surface area contributed by atoms with Crippen LogP contribution in [-0.4, -0.2) is 16.6 Å². The Labute approximate surface area is 113 Å². The molecule has 2 rings (SSSR count). The first-order chi connectivity index (χ1) is 8.18. The van der Waals surface area contributed by atoms with Crippen molar-refractivity contribution in [1.29, 1.82) is 0 Å². The zero-order valence-electron chi connectivity index (χ0n) is 9.17. The predicted molar refractivity (Wildman–Crippen MR) is 69.6 cm³/mol. The third kappa shape index (κ3) is 3.07. The summed E-state index contributed by atoms with van der Waals surface area (Å²) in [6.45, 7) is 0. The lowest BCUT2D eigenvalue weighted by atomic mass is 10.0. The summed E-state index contributed by atoms with van der Waals surface area (Å²) in [5, 5.41) is 0. The first-order valence-electron chi connectivity index (χ1n) is 4.93. The molecule has 0 amide bonds. The quantitative estimate of drug-likeness (QED) is 0.647. The molecule has 0 aliphatic carbocycles. The number of ketones is 2. The van der Waals surface area contributed by atoms with Gasteiger partial charge in [-0.1, -0.05) is 12.1 Å². The maximum absolute atomic E-state index is 12.9. The second-order valence-corrected chi connectivity index (χ2v) is 3.40. The van der Waals surface area contributed by atoms with E-state index in [1.54, 1.807) is 0 Å². The van der Waals surface area contributed by atoms with Gasteiger partial charge in [-0.15, -0.1) is 17.0 Å². The van der Waals surface area contributed by atoms with Crippen LogP contribution in [-0.2, 0) is 0 Å². The van der Waals surface area contributed by atoms with Crippen molar-refractivity contribution in [2.45, 2.75) is 0 Å². The van der Waals surface area contributed by atoms with Crippen LogP contribution in [0.3, 0.4) is 0 Å². The van der Waals surface area contributed by atoms with Crippen LogP contribution in [0, 0.1) is 5.82 Å². The Morgan fingerprint density at radius 2 is 1.56 bits per heavy atom. The van der Waals surface area contributed by atoms with E-state index in [9.17, 15) is 14.0 Å². The van der Waals surface area contributed by atoms with Crippen molar-refractivity contribution >= 4 is 28.5 Å². The molecule has 0 bridgehead atoms. The first-order valence-corrected chi connectivity index (χ1v) is 4.93. The van der Waals surface area contributed by atoms with E-state index in [-0.39, 0.29) is 28.1 Å². The number of benzene rings is 1. The summed E-state index contributed by atoms with van der Waals surface area (Å²) in [4.78, 5) is 27.3. The largest absolute Gasteiger partial charge is 0.285 e. The third-order valence-corrected chi connectivity index (χ3v) is 2.24. The van der Waals surface area contributed by atoms with Crippen LogP contribution in [0.2, 0.25) is 0 Å². The summed E-state index contributed by atoms with van der Waals surface area (Å²) in [6, 6.07) is 7.95. The van der Waals surface area contributed by atoms with E-state index in [1.807, 2.05) is 0 Å². The maximum atomic E-state index is 12.9. The summed E-state index contributed by atoms with van der Waals surface area (Å²) < 4.78 is 12.9. The minimum absolute atomic E-state index is 0. The highest BCUT2D eigenvalue weighted by Crippen LogP contribution is 2.08. The summed E-state index contributed by atoms with van der Waals surface area (Å²) >= 11 is 0. The van der Waals surface area contributed by atoms with Gasteiger partial charge in [-0.2, -0.15) is 0 Å². The predicted octanol–water partition coefficient (Wildman–Crippen LogP) is 2.86. The van der Waals surface area contributed by atoms with Gasteiger partial charge in [0, 0.05) is 23.5 Å². The van der Waals surface area contributed by atoms with Crippen molar-refractivity contribution in [3.05, 3.63) is 65.7 Å². The molecule has 18 heavy (non-hydrogen) atoms. The summed E-state index contributed by atoms with van der Waals surface area (Å²) in [5.74, 6) is -1.94. The third-order valence-electron chi connectivity index (χ3n) is 2.24. The van der Waals surface area contributed by atoms with E-state index in [0.29, 0.717) is 0 Å². The summed E-state index contributed by atoms with van der Waals surface area (Å²) in [5.41, 5.74) is 0.293. The van der Waals surface area contributed by atoms with E-state index in [4.69, 9.17) is 0 Å². The molecule has 0 fully saturated rings. The number of pyridine rings is 1. The Morgan fingerprint density at radius 3 is 2.17 bits per heavy atom. The fourth-order valence-corrected chi connectivity index (χ4v) is 1.40. The summed E-state index contributed by atoms with van der Waals surface area (Å²) in [7, 11) is 0. The standard InChI is InChI=1S/C13H8FNO2.BrH/c14-11-3-1-2-10(8-11)13(17)12(16)9-4-6-15-7-5-9;/h1-8H;1H. The SMILES string of the molecule is Br.O=C(C(=O)c1cccc(F)c1)c1ccncc1. The monoisotopic (exact) mass is 309 g/mol. The molecule has 5 heteroatoms. The number of halogens is 2. The number of hydrogen-bond acceptors (Lipinski definition) is 3. The fraction of sp³-hybridized carbons (Fsp3) is 0. The van der Waals surface area contributed by atoms with Gasteiger partial charge in [0.2, 0.25) is 11.6 Å². The van der Waals surface area contributed by atoms with E-state index in [0.717, 1.165) is 6.07 Å². The van der Waals surface area contributed by atoms with Gasteiger partial charge in [0.05, 0.1) is 0 Å². The lowest BCUT2D eigenvalue weighted by Crippen LogP contribution is -2.14. The molecule has 2 aromatic rings. The number of aromatic nitrogens is 1. The van der Waals surface area contributed by atoms with Gasteiger partial charge in [-0.05, 0) is 24.3 Å². The Bertz CT molecular complexity index is 572. The summed E-state index contributed by atoms with van der Waals surface area (Å²) in [6.07, 6.45) is 2.85. The lowest BCUT2D eigenvalue weighted by Gasteiger charge is -2.00. The number of carbonyl (C=O) groups excluding carboxylic acids is 2. The van der Waals surface area contributed by atoms with E-state index in [2.05, 4.69) is 4.98 Å². The number of rotatable bonds is 3. The fourth-order valence-electron chi connectivity index (χ4n) is 1.40. The number of hydrogen-bond donors (Lipinski definition) is 0. The minimum Gasteiger partial charge on any atom is -0.285 e. The number of Topliss-reactive ketones (excluding diaryl/α,β-unsaturated/α-hetero) is 2. The molecule has 1 aromatic heterocycles. The molecule has 1 heterocycles. The Kier molecular flexibility index (Phi) is 4.85. The van der Waals surface area contributed by atoms with Gasteiger partial charge >= 0.3 is 0 Å². The number of carbonyl (C=O) groups is 2. The van der Waals surface area contributed by atoms with Crippen molar-refractivity contribution < 1.29 is 14.0 Å². The smallest absolute Gasteiger partial charge is 0.233 e. The zero-order valence-corrected chi connectivity index (χ0v) is 10.9. The molecule has 0 aliphatic rings. The Morgan fingerprint density at radius 1 is 0.944 bits per heavy atom. The van der Waals surface area contributed by atoms with E-state index in [1.165, 1.54) is 42.7 Å². The Hall–Kier alpha value is -1.88. The molecular weight excluding hydrogens is 301 g/mol. The van der Waals surface area contributed by atoms with Crippen LogP contribution >= 0.6 is 17.0 Å². The molecule has 0 atom stereocenters. The van der Waals surface area contributed by atoms with E-state index >= 15 is 0 Å². The van der Waals surface area contributed by atoms with Gasteiger partial charge in [-0.3, -0.25) is 14.6 Å². The van der Waals surface area contributed by atoms with Crippen LogP contribution < -0.4 is 0 Å². The molecular formula is C13H9BrFNO2. The van der Waals surface area contributed by atoms with Gasteiger partial charge in [0.15, 0.2) is 0 Å². The Balaban J connectivity index is 0.00000162. The van der Waals surface area contributed by atoms with Gasteiger partial charge in [-0.25, -0.2) is 4.39 Å². The molecule has 0 radical (unpaired) electrons. The van der Waals surface area contributed by atoms with E-state index < -0.39 is 17.4 Å². The highest BCUT2D eigenvalue weighted by atomic mass is 79.9. The van der Waals surface area contributed by atoms with Crippen molar-refractivity contribution in [1.82, 2.24) is 4.98 Å². The normalized spacial score (nSPS) is 9.39. The molecule has 0 saturated carbocycles. The molecule has 92 valence electrons.